The van der Waals surface area contributed by atoms with Crippen LogP contribution in [-0.2, 0) is 4.79 Å². The van der Waals surface area contributed by atoms with Gasteiger partial charge in [0.25, 0.3) is 0 Å². The SMILES string of the molecule is C=Cc1c(C)cccc1C(=C)C.CC=O. The highest BCUT2D eigenvalue weighted by atomic mass is 16.1. The first-order valence-corrected chi connectivity index (χ1v) is 4.86. The van der Waals surface area contributed by atoms with E-state index in [1.165, 1.54) is 23.6 Å². The zero-order valence-electron chi connectivity index (χ0n) is 9.71. The molecule has 1 rings (SSSR count). The molecule has 0 amide bonds. The van der Waals surface area contributed by atoms with Crippen LogP contribution in [0.5, 0.6) is 0 Å². The van der Waals surface area contributed by atoms with Crippen LogP contribution in [-0.4, -0.2) is 6.29 Å². The lowest BCUT2D eigenvalue weighted by molar-refractivity contribution is -0.106. The third-order valence-corrected chi connectivity index (χ3v) is 1.99. The molecule has 0 aliphatic heterocycles. The zero-order chi connectivity index (χ0) is 11.8. The summed E-state index contributed by atoms with van der Waals surface area (Å²) in [6.07, 6.45) is 2.64. The van der Waals surface area contributed by atoms with Gasteiger partial charge in [0.1, 0.15) is 6.29 Å². The lowest BCUT2D eigenvalue weighted by Crippen LogP contribution is -1.87. The number of carbonyl (C=O) groups is 1. The topological polar surface area (TPSA) is 17.1 Å². The lowest BCUT2D eigenvalue weighted by atomic mass is 9.98. The summed E-state index contributed by atoms with van der Waals surface area (Å²) in [7, 11) is 0. The maximum atomic E-state index is 8.81. The Kier molecular flexibility index (Phi) is 6.03. The van der Waals surface area contributed by atoms with E-state index in [4.69, 9.17) is 4.79 Å². The standard InChI is InChI=1S/C12H14.C2H4O/c1-5-11-10(4)7-6-8-12(11)9(2)3;1-2-3/h5-8H,1-2H2,3-4H3;2H,1H3. The van der Waals surface area contributed by atoms with Crippen LogP contribution >= 0.6 is 0 Å². The Balaban J connectivity index is 0.000000583. The van der Waals surface area contributed by atoms with E-state index < -0.39 is 0 Å². The Bertz CT molecular complexity index is 362. The van der Waals surface area contributed by atoms with Gasteiger partial charge in [-0.25, -0.2) is 0 Å². The number of aldehydes is 1. The van der Waals surface area contributed by atoms with E-state index in [0.29, 0.717) is 0 Å². The molecule has 0 aliphatic carbocycles. The first-order valence-electron chi connectivity index (χ1n) is 4.86. The van der Waals surface area contributed by atoms with Crippen molar-refractivity contribution in [2.24, 2.45) is 0 Å². The highest BCUT2D eigenvalue weighted by Gasteiger charge is 2.01. The third-order valence-electron chi connectivity index (χ3n) is 1.99. The molecule has 1 aromatic rings. The van der Waals surface area contributed by atoms with Gasteiger partial charge in [-0.1, -0.05) is 43.0 Å². The quantitative estimate of drug-likeness (QED) is 0.665. The maximum absolute atomic E-state index is 8.81. The number of benzene rings is 1. The van der Waals surface area contributed by atoms with Gasteiger partial charge in [0, 0.05) is 0 Å². The number of rotatable bonds is 2. The van der Waals surface area contributed by atoms with Gasteiger partial charge in [-0.15, -0.1) is 0 Å². The molecule has 0 spiro atoms. The van der Waals surface area contributed by atoms with Crippen molar-refractivity contribution in [3.05, 3.63) is 48.0 Å². The second-order valence-electron chi connectivity index (χ2n) is 3.26. The smallest absolute Gasteiger partial charge is 0.116 e. The van der Waals surface area contributed by atoms with Gasteiger partial charge in [0.05, 0.1) is 0 Å². The van der Waals surface area contributed by atoms with Crippen molar-refractivity contribution in [2.75, 3.05) is 0 Å². The highest BCUT2D eigenvalue weighted by Crippen LogP contribution is 2.21. The van der Waals surface area contributed by atoms with Crippen LogP contribution in [0.3, 0.4) is 0 Å². The molecule has 0 aliphatic rings. The zero-order valence-corrected chi connectivity index (χ0v) is 9.71. The van der Waals surface area contributed by atoms with E-state index in [0.717, 1.165) is 11.9 Å². The average Bonchev–Trinajstić information content (AvgIpc) is 2.18. The average molecular weight is 202 g/mol. The van der Waals surface area contributed by atoms with Gasteiger partial charge in [-0.2, -0.15) is 0 Å². The van der Waals surface area contributed by atoms with E-state index in [1.807, 2.05) is 19.1 Å². The fraction of sp³-hybridized carbons (Fsp3) is 0.214. The fourth-order valence-electron chi connectivity index (χ4n) is 1.32. The molecule has 0 unspecified atom stereocenters. The summed E-state index contributed by atoms with van der Waals surface area (Å²) in [6.45, 7) is 13.3. The fourth-order valence-corrected chi connectivity index (χ4v) is 1.32. The van der Waals surface area contributed by atoms with Gasteiger partial charge in [-0.05, 0) is 37.5 Å². The molecule has 0 fully saturated rings. The molecule has 1 nitrogen and oxygen atoms in total. The Hall–Kier alpha value is -1.63. The summed E-state index contributed by atoms with van der Waals surface area (Å²) >= 11 is 0. The molecule has 1 heteroatoms. The van der Waals surface area contributed by atoms with Crippen LogP contribution in [0.15, 0.2) is 31.4 Å². The Morgan fingerprint density at radius 2 is 1.93 bits per heavy atom. The Labute approximate surface area is 92.1 Å². The molecular weight excluding hydrogens is 184 g/mol. The summed E-state index contributed by atoms with van der Waals surface area (Å²) in [5.74, 6) is 0. The van der Waals surface area contributed by atoms with Crippen molar-refractivity contribution >= 4 is 17.9 Å². The van der Waals surface area contributed by atoms with Crippen molar-refractivity contribution in [2.45, 2.75) is 20.8 Å². The van der Waals surface area contributed by atoms with Gasteiger partial charge < -0.3 is 4.79 Å². The molecule has 0 aromatic heterocycles. The summed E-state index contributed by atoms with van der Waals surface area (Å²) in [6, 6.07) is 6.21. The molecule has 0 bridgehead atoms. The molecule has 0 saturated carbocycles. The van der Waals surface area contributed by atoms with E-state index >= 15 is 0 Å². The predicted molar refractivity (Wildman–Crippen MR) is 67.7 cm³/mol. The molecule has 0 radical (unpaired) electrons. The van der Waals surface area contributed by atoms with Crippen molar-refractivity contribution in [3.8, 4) is 0 Å². The normalized spacial score (nSPS) is 8.47. The summed E-state index contributed by atoms with van der Waals surface area (Å²) in [5.41, 5.74) is 4.74. The van der Waals surface area contributed by atoms with E-state index in [1.54, 1.807) is 0 Å². The molecule has 15 heavy (non-hydrogen) atoms. The minimum absolute atomic E-state index is 0.750. The minimum Gasteiger partial charge on any atom is -0.304 e. The van der Waals surface area contributed by atoms with Crippen LogP contribution in [0.2, 0.25) is 0 Å². The van der Waals surface area contributed by atoms with Crippen molar-refractivity contribution < 1.29 is 4.79 Å². The Morgan fingerprint density at radius 1 is 1.40 bits per heavy atom. The van der Waals surface area contributed by atoms with Crippen LogP contribution in [0.4, 0.5) is 0 Å². The second kappa shape index (κ2) is 6.77. The maximum Gasteiger partial charge on any atom is 0.116 e. The minimum atomic E-state index is 0.750. The molecule has 80 valence electrons. The van der Waals surface area contributed by atoms with Gasteiger partial charge >= 0.3 is 0 Å². The van der Waals surface area contributed by atoms with Gasteiger partial charge in [-0.3, -0.25) is 0 Å². The Morgan fingerprint density at radius 3 is 2.27 bits per heavy atom. The summed E-state index contributed by atoms with van der Waals surface area (Å²) < 4.78 is 0. The first kappa shape index (κ1) is 13.4. The van der Waals surface area contributed by atoms with Crippen molar-refractivity contribution in [1.29, 1.82) is 0 Å². The molecule has 0 atom stereocenters. The molecule has 0 saturated heterocycles. The number of allylic oxidation sites excluding steroid dienone is 1. The molecular formula is C14H18O. The lowest BCUT2D eigenvalue weighted by Gasteiger charge is -2.07. The van der Waals surface area contributed by atoms with Crippen molar-refractivity contribution in [1.82, 2.24) is 0 Å². The van der Waals surface area contributed by atoms with Crippen molar-refractivity contribution in [3.63, 3.8) is 0 Å². The number of hydrogen-bond acceptors (Lipinski definition) is 1. The number of carbonyl (C=O) groups excluding carboxylic acids is 1. The predicted octanol–water partition coefficient (Wildman–Crippen LogP) is 3.88. The van der Waals surface area contributed by atoms with Crippen LogP contribution < -0.4 is 0 Å². The largest absolute Gasteiger partial charge is 0.304 e. The van der Waals surface area contributed by atoms with E-state index in [2.05, 4.69) is 32.2 Å². The number of hydrogen-bond donors (Lipinski definition) is 0. The van der Waals surface area contributed by atoms with Gasteiger partial charge in [0.2, 0.25) is 0 Å². The third kappa shape index (κ3) is 3.94. The summed E-state index contributed by atoms with van der Waals surface area (Å²) in [5, 5.41) is 0. The highest BCUT2D eigenvalue weighted by molar-refractivity contribution is 5.73. The molecule has 0 N–H and O–H groups in total. The molecule has 1 aromatic carbocycles. The van der Waals surface area contributed by atoms with Crippen LogP contribution in [0, 0.1) is 6.92 Å². The second-order valence-corrected chi connectivity index (χ2v) is 3.26. The monoisotopic (exact) mass is 202 g/mol. The first-order chi connectivity index (χ1) is 7.08. The van der Waals surface area contributed by atoms with Gasteiger partial charge in [0.15, 0.2) is 0 Å². The molecule has 0 heterocycles. The number of aryl methyl sites for hydroxylation is 1. The summed E-state index contributed by atoms with van der Waals surface area (Å²) in [4.78, 5) is 8.81. The van der Waals surface area contributed by atoms with Crippen LogP contribution in [0.1, 0.15) is 30.5 Å². The van der Waals surface area contributed by atoms with E-state index in [9.17, 15) is 0 Å². The van der Waals surface area contributed by atoms with E-state index in [-0.39, 0.29) is 0 Å². The van der Waals surface area contributed by atoms with Crippen LogP contribution in [0.25, 0.3) is 11.6 Å².